The highest BCUT2D eigenvalue weighted by molar-refractivity contribution is 5.97. The van der Waals surface area contributed by atoms with Gasteiger partial charge in [-0.3, -0.25) is 9.48 Å². The van der Waals surface area contributed by atoms with Gasteiger partial charge in [0.25, 0.3) is 5.91 Å². The summed E-state index contributed by atoms with van der Waals surface area (Å²) in [5, 5.41) is 7.22. The second-order valence-electron chi connectivity index (χ2n) is 7.06. The minimum atomic E-state index is -0.167. The largest absolute Gasteiger partial charge is 0.488 e. The molecule has 0 aliphatic rings. The van der Waals surface area contributed by atoms with Crippen molar-refractivity contribution in [3.63, 3.8) is 0 Å². The molecule has 0 bridgehead atoms. The normalized spacial score (nSPS) is 10.6. The zero-order chi connectivity index (χ0) is 20.8. The van der Waals surface area contributed by atoms with Crippen molar-refractivity contribution in [3.8, 4) is 16.9 Å². The van der Waals surface area contributed by atoms with Crippen LogP contribution >= 0.6 is 0 Å². The summed E-state index contributed by atoms with van der Waals surface area (Å²) in [4.78, 5) is 12.9. The number of aromatic nitrogens is 2. The standard InChI is InChI=1S/C25H23N3O2/c1-28-17-22(16-27-28)21-12-13-23(25(29)26-15-19-8-4-2-5-9-19)24(14-21)30-18-20-10-6-3-7-11-20/h2-14,16-17H,15,18H2,1H3,(H,26,29). The van der Waals surface area contributed by atoms with Gasteiger partial charge in [-0.25, -0.2) is 0 Å². The lowest BCUT2D eigenvalue weighted by atomic mass is 10.1. The third kappa shape index (κ3) is 4.75. The van der Waals surface area contributed by atoms with E-state index >= 15 is 0 Å². The zero-order valence-electron chi connectivity index (χ0n) is 16.8. The number of aryl methyl sites for hydroxylation is 1. The molecule has 0 aliphatic heterocycles. The lowest BCUT2D eigenvalue weighted by Gasteiger charge is -2.13. The number of amides is 1. The molecule has 0 saturated heterocycles. The summed E-state index contributed by atoms with van der Waals surface area (Å²) < 4.78 is 7.83. The first-order chi connectivity index (χ1) is 14.7. The fraction of sp³-hybridized carbons (Fsp3) is 0.120. The van der Waals surface area contributed by atoms with Gasteiger partial charge in [-0.1, -0.05) is 66.7 Å². The van der Waals surface area contributed by atoms with Crippen LogP contribution in [0.3, 0.4) is 0 Å². The van der Waals surface area contributed by atoms with Crippen molar-refractivity contribution in [1.82, 2.24) is 15.1 Å². The van der Waals surface area contributed by atoms with E-state index in [0.717, 1.165) is 22.3 Å². The van der Waals surface area contributed by atoms with Crippen LogP contribution in [0.1, 0.15) is 21.5 Å². The predicted octanol–water partition coefficient (Wildman–Crippen LogP) is 4.60. The van der Waals surface area contributed by atoms with Gasteiger partial charge >= 0.3 is 0 Å². The summed E-state index contributed by atoms with van der Waals surface area (Å²) >= 11 is 0. The molecule has 0 radical (unpaired) electrons. The van der Waals surface area contributed by atoms with Crippen molar-refractivity contribution >= 4 is 5.91 Å². The summed E-state index contributed by atoms with van der Waals surface area (Å²) in [7, 11) is 1.88. The van der Waals surface area contributed by atoms with Crippen molar-refractivity contribution in [2.75, 3.05) is 0 Å². The van der Waals surface area contributed by atoms with E-state index in [2.05, 4.69) is 10.4 Å². The quantitative estimate of drug-likeness (QED) is 0.496. The van der Waals surface area contributed by atoms with Crippen LogP contribution in [0.5, 0.6) is 5.75 Å². The van der Waals surface area contributed by atoms with E-state index in [4.69, 9.17) is 4.74 Å². The second-order valence-corrected chi connectivity index (χ2v) is 7.06. The molecule has 0 atom stereocenters. The SMILES string of the molecule is Cn1cc(-c2ccc(C(=O)NCc3ccccc3)c(OCc3ccccc3)c2)cn1. The smallest absolute Gasteiger partial charge is 0.255 e. The lowest BCUT2D eigenvalue weighted by molar-refractivity contribution is 0.0946. The molecule has 0 aliphatic carbocycles. The van der Waals surface area contributed by atoms with Gasteiger partial charge in [-0.05, 0) is 28.8 Å². The average Bonchev–Trinajstić information content (AvgIpc) is 3.23. The van der Waals surface area contributed by atoms with Crippen LogP contribution in [0.15, 0.2) is 91.3 Å². The summed E-state index contributed by atoms with van der Waals surface area (Å²) in [6.45, 7) is 0.846. The summed E-state index contributed by atoms with van der Waals surface area (Å²) in [6.07, 6.45) is 3.73. The first kappa shape index (κ1) is 19.5. The van der Waals surface area contributed by atoms with Crippen LogP contribution in [0.25, 0.3) is 11.1 Å². The third-order valence-electron chi connectivity index (χ3n) is 4.80. The lowest BCUT2D eigenvalue weighted by Crippen LogP contribution is -2.23. The van der Waals surface area contributed by atoms with E-state index in [9.17, 15) is 4.79 Å². The highest BCUT2D eigenvalue weighted by Gasteiger charge is 2.15. The first-order valence-corrected chi connectivity index (χ1v) is 9.81. The van der Waals surface area contributed by atoms with E-state index in [-0.39, 0.29) is 5.91 Å². The maximum absolute atomic E-state index is 12.9. The topological polar surface area (TPSA) is 56.2 Å². The summed E-state index contributed by atoms with van der Waals surface area (Å²) in [6, 6.07) is 25.4. The number of carbonyl (C=O) groups is 1. The van der Waals surface area contributed by atoms with Crippen LogP contribution in [0.2, 0.25) is 0 Å². The van der Waals surface area contributed by atoms with Crippen LogP contribution in [-0.4, -0.2) is 15.7 Å². The van der Waals surface area contributed by atoms with Crippen LogP contribution in [0.4, 0.5) is 0 Å². The third-order valence-corrected chi connectivity index (χ3v) is 4.80. The van der Waals surface area contributed by atoms with E-state index in [1.807, 2.05) is 92.1 Å². The highest BCUT2D eigenvalue weighted by atomic mass is 16.5. The Morgan fingerprint density at radius 1 is 0.933 bits per heavy atom. The minimum absolute atomic E-state index is 0.167. The van der Waals surface area contributed by atoms with Crippen molar-refractivity contribution < 1.29 is 9.53 Å². The average molecular weight is 397 g/mol. The maximum Gasteiger partial charge on any atom is 0.255 e. The van der Waals surface area contributed by atoms with E-state index in [1.54, 1.807) is 10.9 Å². The Kier molecular flexibility index (Phi) is 5.90. The predicted molar refractivity (Wildman–Crippen MR) is 117 cm³/mol. The molecule has 1 aromatic heterocycles. The van der Waals surface area contributed by atoms with Crippen LogP contribution < -0.4 is 10.1 Å². The van der Waals surface area contributed by atoms with Gasteiger partial charge in [0.1, 0.15) is 12.4 Å². The fourth-order valence-electron chi connectivity index (χ4n) is 3.19. The first-order valence-electron chi connectivity index (χ1n) is 9.81. The van der Waals surface area contributed by atoms with Gasteiger partial charge in [0.15, 0.2) is 0 Å². The number of benzene rings is 3. The molecule has 0 fully saturated rings. The minimum Gasteiger partial charge on any atom is -0.488 e. The molecule has 5 heteroatoms. The van der Waals surface area contributed by atoms with E-state index in [1.165, 1.54) is 0 Å². The molecule has 4 aromatic rings. The van der Waals surface area contributed by atoms with Gasteiger partial charge in [0.2, 0.25) is 0 Å². The Morgan fingerprint density at radius 2 is 1.63 bits per heavy atom. The fourth-order valence-corrected chi connectivity index (χ4v) is 3.19. The molecule has 30 heavy (non-hydrogen) atoms. The van der Waals surface area contributed by atoms with Crippen LogP contribution in [-0.2, 0) is 20.2 Å². The molecule has 0 saturated carbocycles. The number of hydrogen-bond donors (Lipinski definition) is 1. The molecule has 1 amide bonds. The number of nitrogens with one attached hydrogen (secondary N) is 1. The monoisotopic (exact) mass is 397 g/mol. The molecule has 1 N–H and O–H groups in total. The molecule has 5 nitrogen and oxygen atoms in total. The molecule has 3 aromatic carbocycles. The van der Waals surface area contributed by atoms with Gasteiger partial charge < -0.3 is 10.1 Å². The number of nitrogens with zero attached hydrogens (tertiary/aromatic N) is 2. The molecule has 1 heterocycles. The summed E-state index contributed by atoms with van der Waals surface area (Å²) in [5.74, 6) is 0.380. The van der Waals surface area contributed by atoms with Gasteiger partial charge in [-0.2, -0.15) is 5.10 Å². The Labute approximate surface area is 175 Å². The number of carbonyl (C=O) groups excluding carboxylic acids is 1. The number of ether oxygens (including phenoxy) is 1. The zero-order valence-corrected chi connectivity index (χ0v) is 16.8. The molecular weight excluding hydrogens is 374 g/mol. The molecule has 0 unspecified atom stereocenters. The van der Waals surface area contributed by atoms with Crippen molar-refractivity contribution in [3.05, 3.63) is 108 Å². The van der Waals surface area contributed by atoms with Crippen molar-refractivity contribution in [2.45, 2.75) is 13.2 Å². The molecular formula is C25H23N3O2. The highest BCUT2D eigenvalue weighted by Crippen LogP contribution is 2.28. The van der Waals surface area contributed by atoms with Gasteiger partial charge in [-0.15, -0.1) is 0 Å². The Hall–Kier alpha value is -3.86. The molecule has 4 rings (SSSR count). The van der Waals surface area contributed by atoms with Gasteiger partial charge in [0, 0.05) is 25.4 Å². The molecule has 150 valence electrons. The Balaban J connectivity index is 1.58. The van der Waals surface area contributed by atoms with Crippen molar-refractivity contribution in [1.29, 1.82) is 0 Å². The van der Waals surface area contributed by atoms with Crippen LogP contribution in [0, 0.1) is 0 Å². The summed E-state index contributed by atoms with van der Waals surface area (Å²) in [5.41, 5.74) is 4.52. The second kappa shape index (κ2) is 9.09. The van der Waals surface area contributed by atoms with E-state index in [0.29, 0.717) is 24.5 Å². The number of rotatable bonds is 7. The number of hydrogen-bond acceptors (Lipinski definition) is 3. The van der Waals surface area contributed by atoms with Crippen molar-refractivity contribution in [2.24, 2.45) is 7.05 Å². The Bertz CT molecular complexity index is 1120. The molecule has 0 spiro atoms. The Morgan fingerprint density at radius 3 is 2.30 bits per heavy atom. The van der Waals surface area contributed by atoms with Gasteiger partial charge in [0.05, 0.1) is 11.8 Å². The van der Waals surface area contributed by atoms with E-state index < -0.39 is 0 Å². The maximum atomic E-state index is 12.9.